The van der Waals surface area contributed by atoms with Gasteiger partial charge in [0.1, 0.15) is 0 Å². The molecule has 1 aromatic carbocycles. The molecular weight excluding hydrogens is 150 g/mol. The molecule has 1 heterocycles. The number of hydrogen-bond acceptors (Lipinski definition) is 2. The Morgan fingerprint density at radius 1 is 1.08 bits per heavy atom. The molecular formula is C9H9N3. The molecule has 0 radical (unpaired) electrons. The molecule has 0 atom stereocenters. The normalized spacial score (nSPS) is 9.67. The second kappa shape index (κ2) is 3.09. The molecule has 12 heavy (non-hydrogen) atoms. The van der Waals surface area contributed by atoms with Gasteiger partial charge in [-0.1, -0.05) is 18.2 Å². The summed E-state index contributed by atoms with van der Waals surface area (Å²) in [5.74, 6) is 0. The Hall–Kier alpha value is -1.77. The quantitative estimate of drug-likeness (QED) is 0.704. The van der Waals surface area contributed by atoms with Gasteiger partial charge in [-0.2, -0.15) is 5.10 Å². The zero-order valence-electron chi connectivity index (χ0n) is 6.49. The number of hydrogen-bond donors (Lipinski definition) is 2. The molecule has 0 amide bonds. The Bertz CT molecular complexity index is 326. The van der Waals surface area contributed by atoms with E-state index in [9.17, 15) is 0 Å². The molecule has 0 saturated carbocycles. The topological polar surface area (TPSA) is 40.7 Å². The average Bonchev–Trinajstić information content (AvgIpc) is 2.59. The summed E-state index contributed by atoms with van der Waals surface area (Å²) in [5, 5.41) is 9.76. The van der Waals surface area contributed by atoms with Gasteiger partial charge in [-0.15, -0.1) is 0 Å². The van der Waals surface area contributed by atoms with E-state index in [2.05, 4.69) is 15.5 Å². The van der Waals surface area contributed by atoms with Crippen LogP contribution < -0.4 is 5.32 Å². The molecule has 3 nitrogen and oxygen atoms in total. The lowest BCUT2D eigenvalue weighted by molar-refractivity contribution is 1.09. The van der Waals surface area contributed by atoms with Crippen LogP contribution in [0, 0.1) is 0 Å². The van der Waals surface area contributed by atoms with Gasteiger partial charge in [-0.3, -0.25) is 5.10 Å². The van der Waals surface area contributed by atoms with Crippen molar-refractivity contribution in [2.24, 2.45) is 0 Å². The fraction of sp³-hybridized carbons (Fsp3) is 0. The fourth-order valence-corrected chi connectivity index (χ4v) is 1.01. The van der Waals surface area contributed by atoms with Gasteiger partial charge in [-0.25, -0.2) is 0 Å². The molecule has 2 N–H and O–H groups in total. The molecule has 0 bridgehead atoms. The number of aromatic nitrogens is 2. The summed E-state index contributed by atoms with van der Waals surface area (Å²) in [4.78, 5) is 0. The zero-order chi connectivity index (χ0) is 8.23. The Labute approximate surface area is 70.4 Å². The van der Waals surface area contributed by atoms with Crippen molar-refractivity contribution in [2.75, 3.05) is 5.32 Å². The minimum absolute atomic E-state index is 0.973. The first kappa shape index (κ1) is 6.91. The summed E-state index contributed by atoms with van der Waals surface area (Å²) in [5.41, 5.74) is 2.04. The number of rotatable bonds is 2. The van der Waals surface area contributed by atoms with Crippen LogP contribution in [0.4, 0.5) is 11.4 Å². The second-order valence-electron chi connectivity index (χ2n) is 2.48. The number of benzene rings is 1. The minimum atomic E-state index is 0.973. The van der Waals surface area contributed by atoms with E-state index in [0.717, 1.165) is 11.4 Å². The van der Waals surface area contributed by atoms with E-state index < -0.39 is 0 Å². The molecule has 60 valence electrons. The number of H-pyrrole nitrogens is 1. The van der Waals surface area contributed by atoms with Crippen molar-refractivity contribution in [3.8, 4) is 0 Å². The Morgan fingerprint density at radius 3 is 2.58 bits per heavy atom. The monoisotopic (exact) mass is 159 g/mol. The predicted octanol–water partition coefficient (Wildman–Crippen LogP) is 2.15. The summed E-state index contributed by atoms with van der Waals surface area (Å²) in [6.45, 7) is 0. The number of anilines is 2. The van der Waals surface area contributed by atoms with Crippen molar-refractivity contribution in [3.05, 3.63) is 42.7 Å². The van der Waals surface area contributed by atoms with Crippen molar-refractivity contribution < 1.29 is 0 Å². The predicted molar refractivity (Wildman–Crippen MR) is 48.3 cm³/mol. The number of nitrogens with zero attached hydrogens (tertiary/aromatic N) is 1. The van der Waals surface area contributed by atoms with E-state index in [1.165, 1.54) is 0 Å². The smallest absolute Gasteiger partial charge is 0.0767 e. The summed E-state index contributed by atoms with van der Waals surface area (Å²) < 4.78 is 0. The third kappa shape index (κ3) is 1.45. The van der Waals surface area contributed by atoms with Gasteiger partial charge in [-0.05, 0) is 12.1 Å². The zero-order valence-corrected chi connectivity index (χ0v) is 6.49. The van der Waals surface area contributed by atoms with E-state index >= 15 is 0 Å². The van der Waals surface area contributed by atoms with Gasteiger partial charge in [0.2, 0.25) is 0 Å². The van der Waals surface area contributed by atoms with Gasteiger partial charge < -0.3 is 5.32 Å². The second-order valence-corrected chi connectivity index (χ2v) is 2.48. The maximum atomic E-state index is 3.83. The molecule has 0 spiro atoms. The molecule has 0 unspecified atom stereocenters. The molecule has 3 heteroatoms. The highest BCUT2D eigenvalue weighted by atomic mass is 15.1. The highest BCUT2D eigenvalue weighted by molar-refractivity contribution is 5.57. The summed E-state index contributed by atoms with van der Waals surface area (Å²) in [6, 6.07) is 9.98. The highest BCUT2D eigenvalue weighted by Crippen LogP contribution is 2.12. The lowest BCUT2D eigenvalue weighted by Crippen LogP contribution is -1.86. The largest absolute Gasteiger partial charge is 0.353 e. The van der Waals surface area contributed by atoms with Crippen LogP contribution in [0.15, 0.2) is 42.7 Å². The van der Waals surface area contributed by atoms with Gasteiger partial charge in [0.15, 0.2) is 0 Å². The average molecular weight is 159 g/mol. The first-order chi connectivity index (χ1) is 5.95. The third-order valence-corrected chi connectivity index (χ3v) is 1.56. The SMILES string of the molecule is c1ccc(Nc2cn[nH]c2)cc1. The minimum Gasteiger partial charge on any atom is -0.353 e. The molecule has 0 saturated heterocycles. The first-order valence-electron chi connectivity index (χ1n) is 3.76. The van der Waals surface area contributed by atoms with Gasteiger partial charge in [0, 0.05) is 11.9 Å². The summed E-state index contributed by atoms with van der Waals surface area (Å²) >= 11 is 0. The maximum absolute atomic E-state index is 3.83. The number of nitrogens with one attached hydrogen (secondary N) is 2. The molecule has 0 aliphatic rings. The van der Waals surface area contributed by atoms with Crippen molar-refractivity contribution in [1.29, 1.82) is 0 Å². The van der Waals surface area contributed by atoms with Crippen LogP contribution in [-0.4, -0.2) is 10.2 Å². The lowest BCUT2D eigenvalue weighted by Gasteiger charge is -2.00. The van der Waals surface area contributed by atoms with Gasteiger partial charge in [0.25, 0.3) is 0 Å². The van der Waals surface area contributed by atoms with E-state index in [1.807, 2.05) is 36.5 Å². The van der Waals surface area contributed by atoms with Crippen LogP contribution >= 0.6 is 0 Å². The molecule has 0 fully saturated rings. The van der Waals surface area contributed by atoms with Crippen LogP contribution in [-0.2, 0) is 0 Å². The van der Waals surface area contributed by atoms with E-state index in [1.54, 1.807) is 6.20 Å². The standard InChI is InChI=1S/C9H9N3/c1-2-4-8(5-3-1)12-9-6-10-11-7-9/h1-7,12H,(H,10,11). The van der Waals surface area contributed by atoms with Crippen LogP contribution in [0.25, 0.3) is 0 Å². The maximum Gasteiger partial charge on any atom is 0.0767 e. The van der Waals surface area contributed by atoms with E-state index in [4.69, 9.17) is 0 Å². The van der Waals surface area contributed by atoms with Crippen molar-refractivity contribution in [2.45, 2.75) is 0 Å². The van der Waals surface area contributed by atoms with E-state index in [0.29, 0.717) is 0 Å². The molecule has 2 rings (SSSR count). The number of para-hydroxylation sites is 1. The van der Waals surface area contributed by atoms with Gasteiger partial charge >= 0.3 is 0 Å². The molecule has 0 aliphatic heterocycles. The van der Waals surface area contributed by atoms with Crippen LogP contribution in [0.3, 0.4) is 0 Å². The molecule has 1 aromatic heterocycles. The Morgan fingerprint density at radius 2 is 1.92 bits per heavy atom. The van der Waals surface area contributed by atoms with Crippen LogP contribution in [0.2, 0.25) is 0 Å². The van der Waals surface area contributed by atoms with Crippen molar-refractivity contribution >= 4 is 11.4 Å². The third-order valence-electron chi connectivity index (χ3n) is 1.56. The Balaban J connectivity index is 2.15. The van der Waals surface area contributed by atoms with Crippen LogP contribution in [0.1, 0.15) is 0 Å². The van der Waals surface area contributed by atoms with Crippen molar-refractivity contribution in [3.63, 3.8) is 0 Å². The Kier molecular flexibility index (Phi) is 1.78. The fourth-order valence-electron chi connectivity index (χ4n) is 1.01. The van der Waals surface area contributed by atoms with Gasteiger partial charge in [0.05, 0.1) is 11.9 Å². The lowest BCUT2D eigenvalue weighted by atomic mass is 10.3. The summed E-state index contributed by atoms with van der Waals surface area (Å²) in [7, 11) is 0. The first-order valence-corrected chi connectivity index (χ1v) is 3.76. The molecule has 0 aliphatic carbocycles. The van der Waals surface area contributed by atoms with Crippen LogP contribution in [0.5, 0.6) is 0 Å². The van der Waals surface area contributed by atoms with Crippen molar-refractivity contribution in [1.82, 2.24) is 10.2 Å². The van der Waals surface area contributed by atoms with E-state index in [-0.39, 0.29) is 0 Å². The molecule has 2 aromatic rings. The number of aromatic amines is 1. The highest BCUT2D eigenvalue weighted by Gasteiger charge is 1.91. The summed E-state index contributed by atoms with van der Waals surface area (Å²) in [6.07, 6.45) is 3.56.